The van der Waals surface area contributed by atoms with Crippen molar-refractivity contribution in [1.82, 2.24) is 15.2 Å². The van der Waals surface area contributed by atoms with E-state index < -0.39 is 36.6 Å². The van der Waals surface area contributed by atoms with E-state index in [4.69, 9.17) is 14.6 Å². The number of alkyl halides is 6. The Morgan fingerprint density at radius 2 is 1.71 bits per heavy atom. The van der Waals surface area contributed by atoms with Crippen molar-refractivity contribution in [3.05, 3.63) is 35.8 Å². The summed E-state index contributed by atoms with van der Waals surface area (Å²) in [5.74, 6) is -3.85. The molecule has 34 heavy (non-hydrogen) atoms. The number of carbonyl (C=O) groups excluding carboxylic acids is 1. The van der Waals surface area contributed by atoms with Crippen molar-refractivity contribution in [2.24, 2.45) is 0 Å². The van der Waals surface area contributed by atoms with Crippen molar-refractivity contribution >= 4 is 22.8 Å². The first-order chi connectivity index (χ1) is 15.7. The van der Waals surface area contributed by atoms with Crippen molar-refractivity contribution < 1.29 is 50.2 Å². The number of hydrogen-bond acceptors (Lipinski definition) is 4. The third-order valence-corrected chi connectivity index (χ3v) is 5.26. The molecular weight excluding hydrogens is 479 g/mol. The lowest BCUT2D eigenvalue weighted by Gasteiger charge is -2.40. The highest BCUT2D eigenvalue weighted by Crippen LogP contribution is 2.27. The number of benzene rings is 1. The zero-order chi connectivity index (χ0) is 25.3. The van der Waals surface area contributed by atoms with Gasteiger partial charge in [0.2, 0.25) is 0 Å². The van der Waals surface area contributed by atoms with Crippen LogP contribution in [0.1, 0.15) is 23.2 Å². The van der Waals surface area contributed by atoms with Crippen LogP contribution in [0.4, 0.5) is 30.7 Å². The Hall–Kier alpha value is -2.87. The molecule has 1 aromatic heterocycles. The van der Waals surface area contributed by atoms with Crippen LogP contribution >= 0.6 is 0 Å². The van der Waals surface area contributed by atoms with Gasteiger partial charge >= 0.3 is 18.3 Å². The lowest BCUT2D eigenvalue weighted by molar-refractivity contribution is -0.192. The van der Waals surface area contributed by atoms with Gasteiger partial charge in [0.1, 0.15) is 12.4 Å². The second-order valence-corrected chi connectivity index (χ2v) is 7.99. The third-order valence-electron chi connectivity index (χ3n) is 5.26. The van der Waals surface area contributed by atoms with E-state index >= 15 is 0 Å². The number of fused-ring (bicyclic) bond motifs is 3. The highest BCUT2D eigenvalue weighted by atomic mass is 19.4. The molecule has 7 nitrogen and oxygen atoms in total. The van der Waals surface area contributed by atoms with E-state index in [1.165, 1.54) is 6.07 Å². The van der Waals surface area contributed by atoms with Crippen LogP contribution in [0.2, 0.25) is 0 Å². The van der Waals surface area contributed by atoms with Crippen molar-refractivity contribution in [1.29, 1.82) is 0 Å². The summed E-state index contributed by atoms with van der Waals surface area (Å²) in [5, 5.41) is 13.6. The summed E-state index contributed by atoms with van der Waals surface area (Å²) in [5.41, 5.74) is 0.225. The minimum absolute atomic E-state index is 0.0497. The van der Waals surface area contributed by atoms with Gasteiger partial charge in [-0.2, -0.15) is 26.3 Å². The van der Waals surface area contributed by atoms with Crippen LogP contribution in [0.5, 0.6) is 0 Å². The summed E-state index contributed by atoms with van der Waals surface area (Å²) >= 11 is 0. The average Bonchev–Trinajstić information content (AvgIpc) is 3.03. The fraction of sp³-hybridized carbons (Fsp3) is 0.500. The van der Waals surface area contributed by atoms with E-state index in [2.05, 4.69) is 10.6 Å². The summed E-state index contributed by atoms with van der Waals surface area (Å²) in [6.07, 6.45) is -7.02. The number of nitrogens with zero attached hydrogens (tertiary/aromatic N) is 1. The highest BCUT2D eigenvalue weighted by Gasteiger charge is 2.38. The Morgan fingerprint density at radius 1 is 1.12 bits per heavy atom. The number of aromatic nitrogens is 1. The molecule has 3 N–H and O–H groups in total. The lowest BCUT2D eigenvalue weighted by atomic mass is 9.92. The van der Waals surface area contributed by atoms with Gasteiger partial charge in [-0.15, -0.1) is 0 Å². The van der Waals surface area contributed by atoms with Crippen LogP contribution in [0.15, 0.2) is 24.4 Å². The van der Waals surface area contributed by atoms with Crippen molar-refractivity contribution in [2.75, 3.05) is 13.2 Å². The molecule has 0 aliphatic carbocycles. The second kappa shape index (κ2) is 9.78. The quantitative estimate of drug-likeness (QED) is 0.565. The molecule has 0 saturated carbocycles. The average molecular weight is 499 g/mol. The monoisotopic (exact) mass is 499 g/mol. The molecule has 188 valence electrons. The van der Waals surface area contributed by atoms with Gasteiger partial charge in [-0.3, -0.25) is 4.79 Å². The van der Waals surface area contributed by atoms with Gasteiger partial charge in [-0.05, 0) is 31.0 Å². The van der Waals surface area contributed by atoms with Gasteiger partial charge in [-0.25, -0.2) is 9.18 Å². The first kappa shape index (κ1) is 25.7. The maximum atomic E-state index is 13.7. The molecule has 2 aliphatic heterocycles. The normalized spacial score (nSPS) is 22.6. The van der Waals surface area contributed by atoms with E-state index in [0.717, 1.165) is 22.9 Å². The van der Waals surface area contributed by atoms with Crippen molar-refractivity contribution in [2.45, 2.75) is 49.9 Å². The van der Waals surface area contributed by atoms with Gasteiger partial charge in [-0.1, -0.05) is 0 Å². The van der Waals surface area contributed by atoms with Crippen molar-refractivity contribution in [3.63, 3.8) is 0 Å². The summed E-state index contributed by atoms with van der Waals surface area (Å²) < 4.78 is 90.3. The molecule has 1 amide bonds. The predicted molar refractivity (Wildman–Crippen MR) is 104 cm³/mol. The number of carboxylic acid groups (broad SMARTS) is 1. The summed E-state index contributed by atoms with van der Waals surface area (Å²) in [6, 6.07) is 3.64. The second-order valence-electron chi connectivity index (χ2n) is 7.99. The Bertz CT molecular complexity index is 1040. The van der Waals surface area contributed by atoms with E-state index in [1.54, 1.807) is 0 Å². The van der Waals surface area contributed by atoms with E-state index in [0.29, 0.717) is 26.1 Å². The van der Waals surface area contributed by atoms with Gasteiger partial charge in [0.05, 0.1) is 18.8 Å². The number of aliphatic carboxylic acids is 1. The van der Waals surface area contributed by atoms with Crippen LogP contribution in [-0.2, 0) is 16.1 Å². The minimum atomic E-state index is -5.08. The van der Waals surface area contributed by atoms with Crippen molar-refractivity contribution in [3.8, 4) is 0 Å². The number of rotatable bonds is 3. The lowest BCUT2D eigenvalue weighted by Crippen LogP contribution is -2.58. The van der Waals surface area contributed by atoms with Gasteiger partial charge < -0.3 is 25.0 Å². The molecule has 4 rings (SSSR count). The van der Waals surface area contributed by atoms with E-state index in [1.807, 2.05) is 0 Å². The first-order valence-corrected chi connectivity index (χ1v) is 10.0. The molecule has 2 atom stereocenters. The largest absolute Gasteiger partial charge is 0.490 e. The third kappa shape index (κ3) is 6.59. The SMILES string of the molecule is O=C(NC1CC2COCC(C1)N2)c1cn(CC(F)(F)F)c2ccc(F)cc12.O=C(O)C(F)(F)F. The van der Waals surface area contributed by atoms with Crippen LogP contribution in [0.25, 0.3) is 10.9 Å². The summed E-state index contributed by atoms with van der Waals surface area (Å²) in [6.45, 7) is -0.102. The molecule has 0 spiro atoms. The van der Waals surface area contributed by atoms with Gasteiger partial charge in [0.15, 0.2) is 0 Å². The standard InChI is InChI=1S/C18H19F4N3O2.C2HF3O2/c19-10-1-2-16-14(3-10)15(6-25(16)9-18(20,21)22)17(26)24-11-4-12-7-27-8-13(5-11)23-12;3-2(4,5)1(6)7/h1-3,6,11-13,23H,4-5,7-9H2,(H,24,26);(H,6,7). The number of carboxylic acids is 1. The number of amides is 1. The maximum absolute atomic E-state index is 13.7. The molecule has 14 heteroatoms. The highest BCUT2D eigenvalue weighted by molar-refractivity contribution is 6.07. The molecular formula is C20H20F7N3O4. The Kier molecular flexibility index (Phi) is 7.41. The number of hydrogen-bond donors (Lipinski definition) is 3. The molecule has 2 fully saturated rings. The molecule has 2 unspecified atom stereocenters. The predicted octanol–water partition coefficient (Wildman–Crippen LogP) is 3.23. The number of nitrogens with one attached hydrogen (secondary N) is 2. The fourth-order valence-corrected chi connectivity index (χ4v) is 3.99. The van der Waals surface area contributed by atoms with Crippen LogP contribution < -0.4 is 10.6 Å². The minimum Gasteiger partial charge on any atom is -0.475 e. The Balaban J connectivity index is 0.000000406. The smallest absolute Gasteiger partial charge is 0.475 e. The molecule has 2 aromatic rings. The molecule has 1 aromatic carbocycles. The zero-order valence-corrected chi connectivity index (χ0v) is 17.3. The molecule has 2 aliphatic rings. The molecule has 3 heterocycles. The Labute approximate surface area is 187 Å². The van der Waals surface area contributed by atoms with Crippen LogP contribution in [0, 0.1) is 5.82 Å². The topological polar surface area (TPSA) is 92.6 Å². The maximum Gasteiger partial charge on any atom is 0.490 e. The first-order valence-electron chi connectivity index (χ1n) is 10.0. The van der Waals surface area contributed by atoms with Crippen LogP contribution in [-0.4, -0.2) is 65.2 Å². The van der Waals surface area contributed by atoms with E-state index in [-0.39, 0.29) is 34.6 Å². The number of piperidine rings is 1. The molecule has 0 radical (unpaired) electrons. The fourth-order valence-electron chi connectivity index (χ4n) is 3.99. The number of ether oxygens (including phenoxy) is 1. The molecule has 2 saturated heterocycles. The number of morpholine rings is 1. The van der Waals surface area contributed by atoms with Gasteiger partial charge in [0, 0.05) is 35.2 Å². The number of carbonyl (C=O) groups is 2. The summed E-state index contributed by atoms with van der Waals surface area (Å²) in [4.78, 5) is 21.7. The van der Waals surface area contributed by atoms with E-state index in [9.17, 15) is 35.5 Å². The molecule has 2 bridgehead atoms. The Morgan fingerprint density at radius 3 is 2.24 bits per heavy atom. The van der Waals surface area contributed by atoms with Gasteiger partial charge in [0.25, 0.3) is 5.91 Å². The number of halogens is 7. The summed E-state index contributed by atoms with van der Waals surface area (Å²) in [7, 11) is 0. The van der Waals surface area contributed by atoms with Crippen LogP contribution in [0.3, 0.4) is 0 Å². The zero-order valence-electron chi connectivity index (χ0n) is 17.3.